The molecule has 92 valence electrons. The summed E-state index contributed by atoms with van der Waals surface area (Å²) in [6.07, 6.45) is 11.7. The summed E-state index contributed by atoms with van der Waals surface area (Å²) in [7, 11) is 0. The lowest BCUT2D eigenvalue weighted by atomic mass is 10.0. The molecule has 0 saturated heterocycles. The Morgan fingerprint density at radius 1 is 1.47 bits per heavy atom. The molecule has 1 aliphatic rings. The highest BCUT2D eigenvalue weighted by molar-refractivity contribution is 5.93. The summed E-state index contributed by atoms with van der Waals surface area (Å²) < 4.78 is 0. The summed E-state index contributed by atoms with van der Waals surface area (Å²) >= 11 is 0. The van der Waals surface area contributed by atoms with Crippen LogP contribution in [0.1, 0.15) is 41.0 Å². The van der Waals surface area contributed by atoms with Gasteiger partial charge in [-0.2, -0.15) is 0 Å². The molecule has 0 atom stereocenters. The minimum Gasteiger partial charge on any atom is -0.295 e. The van der Waals surface area contributed by atoms with Crippen molar-refractivity contribution in [1.82, 2.24) is 0 Å². The molecular formula is C16H22O. The molecule has 0 unspecified atom stereocenters. The van der Waals surface area contributed by atoms with Crippen LogP contribution in [0.4, 0.5) is 0 Å². The van der Waals surface area contributed by atoms with Crippen molar-refractivity contribution in [2.24, 2.45) is 0 Å². The molecule has 0 aromatic rings. The Morgan fingerprint density at radius 2 is 2.18 bits per heavy atom. The van der Waals surface area contributed by atoms with E-state index in [1.807, 2.05) is 37.3 Å². The van der Waals surface area contributed by atoms with E-state index in [2.05, 4.69) is 12.7 Å². The van der Waals surface area contributed by atoms with Gasteiger partial charge < -0.3 is 0 Å². The third kappa shape index (κ3) is 5.33. The normalized spacial score (nSPS) is 14.6. The lowest BCUT2D eigenvalue weighted by Gasteiger charge is -2.01. The zero-order valence-corrected chi connectivity index (χ0v) is 10.2. The van der Waals surface area contributed by atoms with Gasteiger partial charge in [0.25, 0.3) is 0 Å². The van der Waals surface area contributed by atoms with Crippen LogP contribution < -0.4 is 0 Å². The Morgan fingerprint density at radius 3 is 2.76 bits per heavy atom. The Hall–Kier alpha value is -1.59. The van der Waals surface area contributed by atoms with Gasteiger partial charge in [-0.3, -0.25) is 4.79 Å². The monoisotopic (exact) mass is 230 g/mol. The molecule has 0 spiro atoms. The molecule has 1 rings (SSSR count). The first-order valence-electron chi connectivity index (χ1n) is 5.66. The first kappa shape index (κ1) is 15.4. The lowest BCUT2D eigenvalue weighted by molar-refractivity contribution is -0.113. The smallest absolute Gasteiger partial charge is 0.155 e. The van der Waals surface area contributed by atoms with Crippen LogP contribution in [0, 0.1) is 0 Å². The van der Waals surface area contributed by atoms with Crippen LogP contribution in [0.15, 0.2) is 52.8 Å². The highest BCUT2D eigenvalue weighted by atomic mass is 16.1. The van der Waals surface area contributed by atoms with Gasteiger partial charge in [-0.1, -0.05) is 39.0 Å². The SMILES string of the molecule is C.CCC/C(=C\C1=CC=CC(C)=C=C1)C(C)=O. The molecule has 0 bridgehead atoms. The van der Waals surface area contributed by atoms with Crippen LogP contribution in [0.3, 0.4) is 0 Å². The van der Waals surface area contributed by atoms with E-state index in [-0.39, 0.29) is 13.2 Å². The van der Waals surface area contributed by atoms with Crippen LogP contribution in [-0.4, -0.2) is 5.78 Å². The number of hydrogen-bond acceptors (Lipinski definition) is 1. The molecule has 1 nitrogen and oxygen atoms in total. The number of hydrogen-bond donors (Lipinski definition) is 0. The molecule has 0 heterocycles. The van der Waals surface area contributed by atoms with Gasteiger partial charge in [-0.15, -0.1) is 5.73 Å². The van der Waals surface area contributed by atoms with Crippen molar-refractivity contribution in [3.05, 3.63) is 52.8 Å². The number of Topliss-reactive ketones (excluding diaryl/α,β-unsaturated/α-hetero) is 1. The maximum Gasteiger partial charge on any atom is 0.155 e. The maximum atomic E-state index is 11.4. The molecule has 0 saturated carbocycles. The Bertz CT molecular complexity index is 424. The first-order valence-corrected chi connectivity index (χ1v) is 5.66. The van der Waals surface area contributed by atoms with Gasteiger partial charge in [0, 0.05) is 0 Å². The molecule has 17 heavy (non-hydrogen) atoms. The highest BCUT2D eigenvalue weighted by Gasteiger charge is 2.02. The molecule has 0 aromatic carbocycles. The lowest BCUT2D eigenvalue weighted by Crippen LogP contribution is -1.96. The molecule has 0 aliphatic heterocycles. The topological polar surface area (TPSA) is 17.1 Å². The van der Waals surface area contributed by atoms with Gasteiger partial charge in [-0.25, -0.2) is 0 Å². The van der Waals surface area contributed by atoms with Crippen LogP contribution in [0.25, 0.3) is 0 Å². The predicted octanol–water partition coefficient (Wildman–Crippen LogP) is 4.54. The molecule has 0 amide bonds. The molecule has 0 N–H and O–H groups in total. The third-order valence-electron chi connectivity index (χ3n) is 2.41. The molecule has 0 radical (unpaired) electrons. The fourth-order valence-electron chi connectivity index (χ4n) is 1.51. The second kappa shape index (κ2) is 7.65. The summed E-state index contributed by atoms with van der Waals surface area (Å²) in [5.74, 6) is 0.157. The Balaban J connectivity index is 0.00000256. The summed E-state index contributed by atoms with van der Waals surface area (Å²) in [6, 6.07) is 0. The number of allylic oxidation sites excluding steroid dienone is 7. The third-order valence-corrected chi connectivity index (χ3v) is 2.41. The van der Waals surface area contributed by atoms with Crippen molar-refractivity contribution < 1.29 is 4.79 Å². The van der Waals surface area contributed by atoms with Crippen molar-refractivity contribution in [2.75, 3.05) is 0 Å². The van der Waals surface area contributed by atoms with Gasteiger partial charge in [0.2, 0.25) is 0 Å². The van der Waals surface area contributed by atoms with Crippen molar-refractivity contribution in [3.63, 3.8) is 0 Å². The summed E-state index contributed by atoms with van der Waals surface area (Å²) in [5.41, 5.74) is 6.18. The fourth-order valence-corrected chi connectivity index (χ4v) is 1.51. The van der Waals surface area contributed by atoms with Crippen LogP contribution in [0.5, 0.6) is 0 Å². The molecule has 1 aliphatic carbocycles. The van der Waals surface area contributed by atoms with Gasteiger partial charge >= 0.3 is 0 Å². The van der Waals surface area contributed by atoms with E-state index in [1.165, 1.54) is 0 Å². The summed E-state index contributed by atoms with van der Waals surface area (Å²) in [5, 5.41) is 0. The van der Waals surface area contributed by atoms with E-state index in [0.717, 1.165) is 29.6 Å². The molecule has 0 aromatic heterocycles. The maximum absolute atomic E-state index is 11.4. The standard InChI is InChI=1S/C15H18O.CH4/c1-4-6-15(13(3)16)11-14-8-5-7-12(2)9-10-14;/h5,7-8,10-11H,4,6H2,1-3H3;1H4/b15-11+;. The van der Waals surface area contributed by atoms with Crippen molar-refractivity contribution in [1.29, 1.82) is 0 Å². The minimum absolute atomic E-state index is 0. The van der Waals surface area contributed by atoms with E-state index in [0.29, 0.717) is 0 Å². The van der Waals surface area contributed by atoms with Gasteiger partial charge in [0.15, 0.2) is 5.78 Å². The highest BCUT2D eigenvalue weighted by Crippen LogP contribution is 2.13. The molecular weight excluding hydrogens is 208 g/mol. The van der Waals surface area contributed by atoms with Crippen molar-refractivity contribution in [2.45, 2.75) is 41.0 Å². The minimum atomic E-state index is 0. The summed E-state index contributed by atoms with van der Waals surface area (Å²) in [4.78, 5) is 11.4. The second-order valence-corrected chi connectivity index (χ2v) is 3.97. The van der Waals surface area contributed by atoms with Crippen LogP contribution in [-0.2, 0) is 4.79 Å². The first-order chi connectivity index (χ1) is 7.63. The van der Waals surface area contributed by atoms with Crippen molar-refractivity contribution in [3.8, 4) is 0 Å². The van der Waals surface area contributed by atoms with Gasteiger partial charge in [0.1, 0.15) is 0 Å². The quantitative estimate of drug-likeness (QED) is 0.512. The van der Waals surface area contributed by atoms with Crippen LogP contribution >= 0.6 is 0 Å². The number of rotatable bonds is 4. The Kier molecular flexibility index (Phi) is 6.93. The number of carbonyl (C=O) groups excluding carboxylic acids is 1. The van der Waals surface area contributed by atoms with E-state index in [9.17, 15) is 4.79 Å². The molecule has 0 fully saturated rings. The number of carbonyl (C=O) groups is 1. The average molecular weight is 230 g/mol. The zero-order valence-electron chi connectivity index (χ0n) is 10.2. The largest absolute Gasteiger partial charge is 0.295 e. The van der Waals surface area contributed by atoms with E-state index in [4.69, 9.17) is 0 Å². The second-order valence-electron chi connectivity index (χ2n) is 3.97. The van der Waals surface area contributed by atoms with E-state index >= 15 is 0 Å². The fraction of sp³-hybridized carbons (Fsp3) is 0.375. The Labute approximate surface area is 105 Å². The summed E-state index contributed by atoms with van der Waals surface area (Å²) in [6.45, 7) is 5.71. The van der Waals surface area contributed by atoms with Crippen molar-refractivity contribution >= 4 is 5.78 Å². The van der Waals surface area contributed by atoms with Crippen LogP contribution in [0.2, 0.25) is 0 Å². The van der Waals surface area contributed by atoms with Gasteiger partial charge in [-0.05, 0) is 49.1 Å². The van der Waals surface area contributed by atoms with E-state index < -0.39 is 0 Å². The molecule has 1 heteroatoms. The van der Waals surface area contributed by atoms with E-state index in [1.54, 1.807) is 6.92 Å². The zero-order chi connectivity index (χ0) is 12.0. The average Bonchev–Trinajstić information content (AvgIpc) is 2.43. The van der Waals surface area contributed by atoms with Gasteiger partial charge in [0.05, 0.1) is 0 Å². The predicted molar refractivity (Wildman–Crippen MR) is 74.9 cm³/mol. The number of ketones is 1.